The molecule has 29 heavy (non-hydrogen) atoms. The number of amides is 1. The Bertz CT molecular complexity index is 1050. The van der Waals surface area contributed by atoms with Gasteiger partial charge >= 0.3 is 6.18 Å². The first-order valence-corrected chi connectivity index (χ1v) is 9.23. The SMILES string of the molecule is C[C@@H]1Cc2ccccc2N1C(=O)CCc1nc(-c2cccc(C(F)(F)F)c2)no1. The molecule has 2 aromatic carbocycles. The lowest BCUT2D eigenvalue weighted by Crippen LogP contribution is -2.35. The van der Waals surface area contributed by atoms with E-state index in [9.17, 15) is 18.0 Å². The fraction of sp³-hybridized carbons (Fsp3) is 0.286. The Balaban J connectivity index is 1.45. The zero-order valence-corrected chi connectivity index (χ0v) is 15.6. The molecule has 0 saturated heterocycles. The average molecular weight is 401 g/mol. The van der Waals surface area contributed by atoms with Crippen molar-refractivity contribution in [1.29, 1.82) is 0 Å². The normalized spacial score (nSPS) is 16.1. The second kappa shape index (κ2) is 7.35. The molecule has 0 bridgehead atoms. The molecule has 0 radical (unpaired) electrons. The minimum absolute atomic E-state index is 0.0544. The molecule has 1 amide bonds. The molecule has 1 atom stereocenters. The largest absolute Gasteiger partial charge is 0.416 e. The van der Waals surface area contributed by atoms with E-state index in [-0.39, 0.29) is 42.1 Å². The van der Waals surface area contributed by atoms with Crippen molar-refractivity contribution in [2.45, 2.75) is 38.4 Å². The number of carbonyl (C=O) groups excluding carboxylic acids is 1. The maximum atomic E-state index is 12.9. The quantitative estimate of drug-likeness (QED) is 0.638. The van der Waals surface area contributed by atoms with Gasteiger partial charge in [0.1, 0.15) is 0 Å². The number of alkyl halides is 3. The molecule has 3 aromatic rings. The van der Waals surface area contributed by atoms with Crippen molar-refractivity contribution in [1.82, 2.24) is 10.1 Å². The van der Waals surface area contributed by atoms with Crippen molar-refractivity contribution in [3.8, 4) is 11.4 Å². The highest BCUT2D eigenvalue weighted by molar-refractivity contribution is 5.96. The summed E-state index contributed by atoms with van der Waals surface area (Å²) in [4.78, 5) is 18.7. The fourth-order valence-electron chi connectivity index (χ4n) is 3.59. The first-order chi connectivity index (χ1) is 13.8. The lowest BCUT2D eigenvalue weighted by Gasteiger charge is -2.22. The summed E-state index contributed by atoms with van der Waals surface area (Å²) in [5.74, 6) is 0.227. The van der Waals surface area contributed by atoms with Crippen LogP contribution < -0.4 is 4.90 Å². The summed E-state index contributed by atoms with van der Waals surface area (Å²) in [6.07, 6.45) is -3.25. The van der Waals surface area contributed by atoms with E-state index in [1.807, 2.05) is 31.2 Å². The number of para-hydroxylation sites is 1. The number of carbonyl (C=O) groups is 1. The molecule has 2 heterocycles. The van der Waals surface area contributed by atoms with Crippen molar-refractivity contribution >= 4 is 11.6 Å². The van der Waals surface area contributed by atoms with Crippen molar-refractivity contribution in [2.75, 3.05) is 4.90 Å². The van der Waals surface area contributed by atoms with Gasteiger partial charge in [-0.05, 0) is 37.1 Å². The van der Waals surface area contributed by atoms with E-state index in [1.54, 1.807) is 4.90 Å². The minimum Gasteiger partial charge on any atom is -0.339 e. The first kappa shape index (κ1) is 19.2. The molecule has 1 aliphatic rings. The molecule has 150 valence electrons. The highest BCUT2D eigenvalue weighted by Crippen LogP contribution is 2.33. The lowest BCUT2D eigenvalue weighted by molar-refractivity contribution is -0.137. The van der Waals surface area contributed by atoms with E-state index in [0.29, 0.717) is 0 Å². The molecule has 0 unspecified atom stereocenters. The number of hydrogen-bond donors (Lipinski definition) is 0. The van der Waals surface area contributed by atoms with Gasteiger partial charge in [0.25, 0.3) is 0 Å². The maximum absolute atomic E-state index is 12.9. The van der Waals surface area contributed by atoms with Crippen molar-refractivity contribution in [3.05, 3.63) is 65.5 Å². The van der Waals surface area contributed by atoms with Crippen LogP contribution in [0.4, 0.5) is 18.9 Å². The Hall–Kier alpha value is -3.16. The Kier molecular flexibility index (Phi) is 4.86. The topological polar surface area (TPSA) is 59.2 Å². The third-order valence-corrected chi connectivity index (χ3v) is 4.94. The number of nitrogens with zero attached hydrogens (tertiary/aromatic N) is 3. The van der Waals surface area contributed by atoms with Gasteiger partial charge in [-0.3, -0.25) is 4.79 Å². The number of aryl methyl sites for hydroxylation is 1. The number of halogens is 3. The summed E-state index contributed by atoms with van der Waals surface area (Å²) in [7, 11) is 0. The van der Waals surface area contributed by atoms with E-state index in [1.165, 1.54) is 12.1 Å². The van der Waals surface area contributed by atoms with Crippen LogP contribution in [0.5, 0.6) is 0 Å². The van der Waals surface area contributed by atoms with Crippen LogP contribution in [0.15, 0.2) is 53.1 Å². The van der Waals surface area contributed by atoms with Crippen LogP contribution in [-0.2, 0) is 23.8 Å². The van der Waals surface area contributed by atoms with E-state index in [4.69, 9.17) is 4.52 Å². The molecule has 0 spiro atoms. The minimum atomic E-state index is -4.45. The van der Waals surface area contributed by atoms with Crippen molar-refractivity contribution in [2.24, 2.45) is 0 Å². The Morgan fingerprint density at radius 3 is 2.79 bits per heavy atom. The molecule has 8 heteroatoms. The average Bonchev–Trinajstić information content (AvgIpc) is 3.29. The van der Waals surface area contributed by atoms with Gasteiger partial charge in [-0.1, -0.05) is 35.5 Å². The maximum Gasteiger partial charge on any atom is 0.416 e. The van der Waals surface area contributed by atoms with Crippen LogP contribution in [0.2, 0.25) is 0 Å². The predicted octanol–water partition coefficient (Wildman–Crippen LogP) is 4.67. The van der Waals surface area contributed by atoms with E-state index >= 15 is 0 Å². The van der Waals surface area contributed by atoms with Crippen molar-refractivity contribution in [3.63, 3.8) is 0 Å². The van der Waals surface area contributed by atoms with E-state index in [0.717, 1.165) is 29.8 Å². The number of benzene rings is 2. The molecule has 0 saturated carbocycles. The molecule has 0 N–H and O–H groups in total. The Morgan fingerprint density at radius 2 is 2.00 bits per heavy atom. The van der Waals surface area contributed by atoms with Gasteiger partial charge in [0, 0.05) is 30.1 Å². The third-order valence-electron chi connectivity index (χ3n) is 4.94. The van der Waals surface area contributed by atoms with Gasteiger partial charge < -0.3 is 9.42 Å². The molecule has 4 rings (SSSR count). The summed E-state index contributed by atoms with van der Waals surface area (Å²) in [6, 6.07) is 12.6. The Labute approximate surface area is 165 Å². The van der Waals surface area contributed by atoms with Gasteiger partial charge in [0.2, 0.25) is 17.6 Å². The van der Waals surface area contributed by atoms with Crippen LogP contribution in [0.1, 0.15) is 30.4 Å². The van der Waals surface area contributed by atoms with Crippen LogP contribution >= 0.6 is 0 Å². The fourth-order valence-corrected chi connectivity index (χ4v) is 3.59. The first-order valence-electron chi connectivity index (χ1n) is 9.23. The van der Waals surface area contributed by atoms with Crippen LogP contribution in [-0.4, -0.2) is 22.1 Å². The lowest BCUT2D eigenvalue weighted by atomic mass is 10.1. The highest BCUT2D eigenvalue weighted by Gasteiger charge is 2.31. The second-order valence-electron chi connectivity index (χ2n) is 7.04. The zero-order chi connectivity index (χ0) is 20.6. The van der Waals surface area contributed by atoms with Crippen molar-refractivity contribution < 1.29 is 22.5 Å². The predicted molar refractivity (Wildman–Crippen MR) is 100 cm³/mol. The summed E-state index contributed by atoms with van der Waals surface area (Å²) < 4.78 is 43.8. The zero-order valence-electron chi connectivity index (χ0n) is 15.6. The summed E-state index contributed by atoms with van der Waals surface area (Å²) in [5.41, 5.74) is 1.49. The molecule has 0 aliphatic carbocycles. The molecular formula is C21H18F3N3O2. The van der Waals surface area contributed by atoms with Crippen LogP contribution in [0.25, 0.3) is 11.4 Å². The molecular weight excluding hydrogens is 383 g/mol. The van der Waals surface area contributed by atoms with Gasteiger partial charge in [-0.25, -0.2) is 0 Å². The summed E-state index contributed by atoms with van der Waals surface area (Å²) in [5, 5.41) is 3.76. The number of rotatable bonds is 4. The van der Waals surface area contributed by atoms with Crippen LogP contribution in [0, 0.1) is 0 Å². The number of fused-ring (bicyclic) bond motifs is 1. The second-order valence-corrected chi connectivity index (χ2v) is 7.04. The van der Waals surface area contributed by atoms with Gasteiger partial charge in [0.05, 0.1) is 5.56 Å². The van der Waals surface area contributed by atoms with E-state index in [2.05, 4.69) is 10.1 Å². The van der Waals surface area contributed by atoms with E-state index < -0.39 is 11.7 Å². The monoisotopic (exact) mass is 401 g/mol. The van der Waals surface area contributed by atoms with Gasteiger partial charge in [-0.2, -0.15) is 18.2 Å². The standard InChI is InChI=1S/C21H18F3N3O2/c1-13-11-14-5-2-3-8-17(14)27(13)19(28)10-9-18-25-20(26-29-18)15-6-4-7-16(12-15)21(22,23)24/h2-8,12-13H,9-11H2,1H3/t13-/m1/s1. The van der Waals surface area contributed by atoms with Crippen LogP contribution in [0.3, 0.4) is 0 Å². The molecule has 1 aromatic heterocycles. The smallest absolute Gasteiger partial charge is 0.339 e. The molecule has 5 nitrogen and oxygen atoms in total. The number of anilines is 1. The summed E-state index contributed by atoms with van der Waals surface area (Å²) in [6.45, 7) is 2.00. The molecule has 1 aliphatic heterocycles. The highest BCUT2D eigenvalue weighted by atomic mass is 19.4. The molecule has 0 fully saturated rings. The Morgan fingerprint density at radius 1 is 1.21 bits per heavy atom. The van der Waals surface area contributed by atoms with Gasteiger partial charge in [0.15, 0.2) is 0 Å². The third kappa shape index (κ3) is 3.87. The number of hydrogen-bond acceptors (Lipinski definition) is 4. The number of aromatic nitrogens is 2. The summed E-state index contributed by atoms with van der Waals surface area (Å²) >= 11 is 0. The van der Waals surface area contributed by atoms with Gasteiger partial charge in [-0.15, -0.1) is 0 Å².